The van der Waals surface area contributed by atoms with Crippen molar-refractivity contribution in [2.45, 2.75) is 39.2 Å². The second-order valence-corrected chi connectivity index (χ2v) is 4.82. The zero-order chi connectivity index (χ0) is 15.5. The molecule has 0 saturated carbocycles. The van der Waals surface area contributed by atoms with Gasteiger partial charge in [0.15, 0.2) is 5.69 Å². The first-order valence-electron chi connectivity index (χ1n) is 6.73. The van der Waals surface area contributed by atoms with Gasteiger partial charge in [-0.3, -0.25) is 9.36 Å². The molecule has 0 unspecified atom stereocenters. The lowest BCUT2D eigenvalue weighted by molar-refractivity contribution is -0.142. The van der Waals surface area contributed by atoms with E-state index >= 15 is 0 Å². The van der Waals surface area contributed by atoms with E-state index in [9.17, 15) is 13.2 Å². The van der Waals surface area contributed by atoms with Crippen molar-refractivity contribution in [1.29, 1.82) is 0 Å². The van der Waals surface area contributed by atoms with Gasteiger partial charge in [-0.05, 0) is 12.5 Å². The lowest BCUT2D eigenvalue weighted by Gasteiger charge is -2.09. The van der Waals surface area contributed by atoms with E-state index in [1.54, 1.807) is 6.20 Å². The Labute approximate surface area is 132 Å². The minimum Gasteiger partial charge on any atom is -0.307 e. The van der Waals surface area contributed by atoms with Gasteiger partial charge in [-0.25, -0.2) is 0 Å². The Bertz CT molecular complexity index is 591. The van der Waals surface area contributed by atoms with Gasteiger partial charge < -0.3 is 5.32 Å². The lowest BCUT2D eigenvalue weighted by atomic mass is 10.2. The van der Waals surface area contributed by atoms with Crippen LogP contribution in [0.4, 0.5) is 13.2 Å². The van der Waals surface area contributed by atoms with Crippen LogP contribution in [0.25, 0.3) is 0 Å². The van der Waals surface area contributed by atoms with E-state index < -0.39 is 11.9 Å². The predicted molar refractivity (Wildman–Crippen MR) is 78.5 cm³/mol. The first-order valence-corrected chi connectivity index (χ1v) is 6.73. The fraction of sp³-hybridized carbons (Fsp3) is 0.538. The highest BCUT2D eigenvalue weighted by atomic mass is 35.5. The van der Waals surface area contributed by atoms with Crippen LogP contribution in [0, 0.1) is 0 Å². The summed E-state index contributed by atoms with van der Waals surface area (Å²) in [7, 11) is 1.48. The zero-order valence-electron chi connectivity index (χ0n) is 12.4. The average Bonchev–Trinajstić information content (AvgIpc) is 2.97. The maximum Gasteiger partial charge on any atom is 0.435 e. The van der Waals surface area contributed by atoms with E-state index in [0.29, 0.717) is 6.54 Å². The van der Waals surface area contributed by atoms with Crippen molar-refractivity contribution in [3.05, 3.63) is 35.4 Å². The van der Waals surface area contributed by atoms with Gasteiger partial charge in [0.05, 0.1) is 5.69 Å². The van der Waals surface area contributed by atoms with E-state index in [1.807, 2.05) is 17.7 Å². The van der Waals surface area contributed by atoms with Gasteiger partial charge in [0, 0.05) is 44.6 Å². The Hall–Kier alpha value is -1.54. The van der Waals surface area contributed by atoms with Crippen molar-refractivity contribution in [3.8, 4) is 0 Å². The van der Waals surface area contributed by atoms with Gasteiger partial charge in [-0.2, -0.15) is 23.4 Å². The Morgan fingerprint density at radius 2 is 2.00 bits per heavy atom. The van der Waals surface area contributed by atoms with E-state index in [2.05, 4.69) is 15.5 Å². The molecule has 0 bridgehead atoms. The van der Waals surface area contributed by atoms with Crippen molar-refractivity contribution in [2.75, 3.05) is 0 Å². The first-order chi connectivity index (χ1) is 9.91. The monoisotopic (exact) mass is 337 g/mol. The van der Waals surface area contributed by atoms with Crippen LogP contribution >= 0.6 is 12.4 Å². The number of nitrogens with one attached hydrogen (secondary N) is 1. The summed E-state index contributed by atoms with van der Waals surface area (Å²) in [6.45, 7) is 3.42. The molecule has 2 aromatic heterocycles. The van der Waals surface area contributed by atoms with Crippen LogP contribution in [0.3, 0.4) is 0 Å². The SMILES string of the molecule is CCCn1nccc1CNCc1cn(C)nc1C(F)(F)F.Cl. The van der Waals surface area contributed by atoms with E-state index in [4.69, 9.17) is 0 Å². The molecule has 124 valence electrons. The summed E-state index contributed by atoms with van der Waals surface area (Å²) >= 11 is 0. The molecule has 2 heterocycles. The highest BCUT2D eigenvalue weighted by Crippen LogP contribution is 2.30. The molecule has 0 aliphatic rings. The highest BCUT2D eigenvalue weighted by Gasteiger charge is 2.36. The smallest absolute Gasteiger partial charge is 0.307 e. The van der Waals surface area contributed by atoms with Crippen molar-refractivity contribution < 1.29 is 13.2 Å². The number of halogens is 4. The molecule has 0 atom stereocenters. The average molecular weight is 338 g/mol. The molecule has 0 aliphatic carbocycles. The summed E-state index contributed by atoms with van der Waals surface area (Å²) in [4.78, 5) is 0. The third kappa shape index (κ3) is 4.48. The summed E-state index contributed by atoms with van der Waals surface area (Å²) < 4.78 is 41.5. The minimum absolute atomic E-state index is 0. The van der Waals surface area contributed by atoms with Gasteiger partial charge in [0.1, 0.15) is 0 Å². The molecule has 0 aliphatic heterocycles. The molecule has 0 radical (unpaired) electrons. The summed E-state index contributed by atoms with van der Waals surface area (Å²) in [6, 6.07) is 1.86. The number of aromatic nitrogens is 4. The summed E-state index contributed by atoms with van der Waals surface area (Å²) in [5.74, 6) is 0. The molecule has 5 nitrogen and oxygen atoms in total. The Balaban J connectivity index is 0.00000242. The van der Waals surface area contributed by atoms with E-state index in [-0.39, 0.29) is 24.5 Å². The molecule has 2 rings (SSSR count). The molecule has 0 fully saturated rings. The van der Waals surface area contributed by atoms with Crippen molar-refractivity contribution in [3.63, 3.8) is 0 Å². The predicted octanol–water partition coefficient (Wildman–Crippen LogP) is 2.76. The maximum atomic E-state index is 12.8. The quantitative estimate of drug-likeness (QED) is 0.881. The maximum absolute atomic E-state index is 12.8. The summed E-state index contributed by atoms with van der Waals surface area (Å²) in [5.41, 5.74) is 0.264. The van der Waals surface area contributed by atoms with Crippen LogP contribution in [0.5, 0.6) is 0 Å². The number of nitrogens with zero attached hydrogens (tertiary/aromatic N) is 4. The lowest BCUT2D eigenvalue weighted by Crippen LogP contribution is -2.18. The molecule has 0 saturated heterocycles. The van der Waals surface area contributed by atoms with Crippen LogP contribution in [0.15, 0.2) is 18.5 Å². The molecular weight excluding hydrogens is 319 g/mol. The molecule has 1 N–H and O–H groups in total. The molecular formula is C13H19ClF3N5. The first kappa shape index (κ1) is 18.5. The molecule has 0 spiro atoms. The minimum atomic E-state index is -4.43. The number of hydrogen-bond acceptors (Lipinski definition) is 3. The second-order valence-electron chi connectivity index (χ2n) is 4.82. The van der Waals surface area contributed by atoms with Gasteiger partial charge in [0.25, 0.3) is 0 Å². The van der Waals surface area contributed by atoms with Gasteiger partial charge in [-0.15, -0.1) is 12.4 Å². The number of alkyl halides is 3. The molecule has 0 amide bonds. The highest BCUT2D eigenvalue weighted by molar-refractivity contribution is 5.85. The topological polar surface area (TPSA) is 47.7 Å². The summed E-state index contributed by atoms with van der Waals surface area (Å²) in [6.07, 6.45) is -0.394. The third-order valence-corrected chi connectivity index (χ3v) is 3.03. The number of hydrogen-bond donors (Lipinski definition) is 1. The molecule has 0 aromatic carbocycles. The van der Waals surface area contributed by atoms with Crippen molar-refractivity contribution >= 4 is 12.4 Å². The fourth-order valence-electron chi connectivity index (χ4n) is 2.15. The second kappa shape index (κ2) is 7.64. The van der Waals surface area contributed by atoms with Crippen LogP contribution in [0.1, 0.15) is 30.3 Å². The van der Waals surface area contributed by atoms with Crippen molar-refractivity contribution in [2.24, 2.45) is 7.05 Å². The van der Waals surface area contributed by atoms with Crippen molar-refractivity contribution in [1.82, 2.24) is 24.9 Å². The van der Waals surface area contributed by atoms with Gasteiger partial charge in [-0.1, -0.05) is 6.92 Å². The van der Waals surface area contributed by atoms with Gasteiger partial charge >= 0.3 is 6.18 Å². The Kier molecular flexibility index (Phi) is 6.43. The Morgan fingerprint density at radius 1 is 1.27 bits per heavy atom. The largest absolute Gasteiger partial charge is 0.435 e. The van der Waals surface area contributed by atoms with E-state index in [0.717, 1.165) is 18.7 Å². The van der Waals surface area contributed by atoms with Crippen LogP contribution in [-0.4, -0.2) is 19.6 Å². The van der Waals surface area contributed by atoms with E-state index in [1.165, 1.54) is 17.9 Å². The number of rotatable bonds is 6. The zero-order valence-corrected chi connectivity index (χ0v) is 13.2. The normalized spacial score (nSPS) is 11.5. The fourth-order valence-corrected chi connectivity index (χ4v) is 2.15. The third-order valence-electron chi connectivity index (χ3n) is 3.03. The van der Waals surface area contributed by atoms with Crippen LogP contribution < -0.4 is 5.32 Å². The molecule has 2 aromatic rings. The van der Waals surface area contributed by atoms with Crippen LogP contribution in [-0.2, 0) is 32.9 Å². The number of aryl methyl sites for hydroxylation is 2. The molecule has 22 heavy (non-hydrogen) atoms. The van der Waals surface area contributed by atoms with Gasteiger partial charge in [0.2, 0.25) is 0 Å². The standard InChI is InChI=1S/C13H18F3N5.ClH/c1-3-6-21-11(4-5-18-21)8-17-7-10-9-20(2)19-12(10)13(14,15)16;/h4-5,9,17H,3,6-8H2,1-2H3;1H. The summed E-state index contributed by atoms with van der Waals surface area (Å²) in [5, 5.41) is 10.7. The Morgan fingerprint density at radius 3 is 2.64 bits per heavy atom. The van der Waals surface area contributed by atoms with Crippen LogP contribution in [0.2, 0.25) is 0 Å². The molecule has 9 heteroatoms.